The summed E-state index contributed by atoms with van der Waals surface area (Å²) in [4.78, 5) is 14.2. The topological polar surface area (TPSA) is 44.8 Å². The number of rotatable bonds is 12. The van der Waals surface area contributed by atoms with Gasteiger partial charge in [0.2, 0.25) is 0 Å². The standard InChI is InChI=1S/C41H40O4/c1-6-26-43-41(45-39-16-8-7-9-17-39,37-22-18-31(19-23-37)35-14-10-12-33(27-35)29(2)3)40(42)44-38-24-20-32(21-25-38)36-15-11-13-34(28-36)30(4)5/h6-25,27-30H,1,26H2,2-5H3. The molecule has 4 nitrogen and oxygen atoms in total. The minimum absolute atomic E-state index is 0.0608. The first-order valence-electron chi connectivity index (χ1n) is 15.4. The lowest BCUT2D eigenvalue weighted by Crippen LogP contribution is -2.47. The average Bonchev–Trinajstić information content (AvgIpc) is 3.07. The zero-order valence-corrected chi connectivity index (χ0v) is 26.4. The molecule has 0 amide bonds. The third kappa shape index (κ3) is 7.42. The fraction of sp³-hybridized carbons (Fsp3) is 0.195. The summed E-state index contributed by atoms with van der Waals surface area (Å²) >= 11 is 0. The number of para-hydroxylation sites is 1. The van der Waals surface area contributed by atoms with Crippen molar-refractivity contribution in [1.29, 1.82) is 0 Å². The van der Waals surface area contributed by atoms with Crippen LogP contribution in [0.15, 0.2) is 140 Å². The summed E-state index contributed by atoms with van der Waals surface area (Å²) in [5, 5.41) is 0. The highest BCUT2D eigenvalue weighted by atomic mass is 16.7. The van der Waals surface area contributed by atoms with Gasteiger partial charge in [-0.3, -0.25) is 0 Å². The first-order valence-corrected chi connectivity index (χ1v) is 15.4. The molecule has 5 rings (SSSR count). The van der Waals surface area contributed by atoms with E-state index in [1.807, 2.05) is 54.6 Å². The maximum absolute atomic E-state index is 14.2. The molecule has 228 valence electrons. The molecule has 0 saturated heterocycles. The number of benzene rings is 5. The van der Waals surface area contributed by atoms with Crippen molar-refractivity contribution in [3.05, 3.63) is 157 Å². The molecule has 0 radical (unpaired) electrons. The van der Waals surface area contributed by atoms with Crippen molar-refractivity contribution in [3.63, 3.8) is 0 Å². The van der Waals surface area contributed by atoms with Gasteiger partial charge in [0.15, 0.2) is 0 Å². The first kappa shape index (κ1) is 31.5. The van der Waals surface area contributed by atoms with E-state index >= 15 is 0 Å². The predicted molar refractivity (Wildman–Crippen MR) is 182 cm³/mol. The second-order valence-corrected chi connectivity index (χ2v) is 11.7. The number of ether oxygens (including phenoxy) is 3. The van der Waals surface area contributed by atoms with Crippen LogP contribution in [0.5, 0.6) is 11.5 Å². The van der Waals surface area contributed by atoms with Crippen LogP contribution in [0.2, 0.25) is 0 Å². The number of esters is 1. The van der Waals surface area contributed by atoms with Crippen LogP contribution < -0.4 is 9.47 Å². The summed E-state index contributed by atoms with van der Waals surface area (Å²) in [6.07, 6.45) is 1.59. The summed E-state index contributed by atoms with van der Waals surface area (Å²) in [7, 11) is 0. The number of hydrogen-bond donors (Lipinski definition) is 0. The second-order valence-electron chi connectivity index (χ2n) is 11.7. The number of carbonyl (C=O) groups is 1. The van der Waals surface area contributed by atoms with Gasteiger partial charge in [-0.1, -0.05) is 137 Å². The van der Waals surface area contributed by atoms with E-state index in [-0.39, 0.29) is 6.61 Å². The average molecular weight is 597 g/mol. The molecule has 5 aromatic carbocycles. The van der Waals surface area contributed by atoms with Crippen LogP contribution in [0, 0.1) is 0 Å². The Balaban J connectivity index is 1.49. The second kappa shape index (κ2) is 14.2. The molecule has 0 bridgehead atoms. The molecule has 4 heteroatoms. The van der Waals surface area contributed by atoms with Gasteiger partial charge in [-0.05, 0) is 69.5 Å². The van der Waals surface area contributed by atoms with Crippen molar-refractivity contribution >= 4 is 5.97 Å². The van der Waals surface area contributed by atoms with E-state index in [1.54, 1.807) is 30.3 Å². The van der Waals surface area contributed by atoms with Crippen molar-refractivity contribution in [2.24, 2.45) is 0 Å². The van der Waals surface area contributed by atoms with Crippen LogP contribution in [0.3, 0.4) is 0 Å². The van der Waals surface area contributed by atoms with Crippen molar-refractivity contribution in [1.82, 2.24) is 0 Å². The highest BCUT2D eigenvalue weighted by Gasteiger charge is 2.47. The molecule has 5 aromatic rings. The van der Waals surface area contributed by atoms with E-state index in [1.165, 1.54) is 11.1 Å². The molecule has 0 aliphatic heterocycles. The van der Waals surface area contributed by atoms with Gasteiger partial charge < -0.3 is 14.2 Å². The molecule has 45 heavy (non-hydrogen) atoms. The highest BCUT2D eigenvalue weighted by molar-refractivity contribution is 5.83. The zero-order chi connectivity index (χ0) is 31.8. The summed E-state index contributed by atoms with van der Waals surface area (Å²) in [5.74, 6) is -0.896. The number of hydrogen-bond acceptors (Lipinski definition) is 4. The van der Waals surface area contributed by atoms with Crippen LogP contribution in [-0.2, 0) is 15.3 Å². The van der Waals surface area contributed by atoms with Gasteiger partial charge in [0.1, 0.15) is 11.5 Å². The van der Waals surface area contributed by atoms with E-state index in [2.05, 4.69) is 82.8 Å². The quantitative estimate of drug-likeness (QED) is 0.0622. The van der Waals surface area contributed by atoms with Crippen LogP contribution in [0.4, 0.5) is 0 Å². The van der Waals surface area contributed by atoms with Crippen LogP contribution in [-0.4, -0.2) is 12.6 Å². The smallest absolute Gasteiger partial charge is 0.390 e. The maximum Gasteiger partial charge on any atom is 0.390 e. The summed E-state index contributed by atoms with van der Waals surface area (Å²) in [6, 6.07) is 41.2. The minimum Gasteiger partial charge on any atom is -0.448 e. The van der Waals surface area contributed by atoms with Crippen LogP contribution >= 0.6 is 0 Å². The van der Waals surface area contributed by atoms with Gasteiger partial charge in [-0.15, -0.1) is 6.58 Å². The van der Waals surface area contributed by atoms with Crippen molar-refractivity contribution in [3.8, 4) is 33.8 Å². The number of carbonyl (C=O) groups excluding carboxylic acids is 1. The zero-order valence-electron chi connectivity index (χ0n) is 26.4. The fourth-order valence-electron chi connectivity index (χ4n) is 5.15. The molecular weight excluding hydrogens is 556 g/mol. The monoisotopic (exact) mass is 596 g/mol. The van der Waals surface area contributed by atoms with E-state index in [0.29, 0.717) is 28.9 Å². The largest absolute Gasteiger partial charge is 0.448 e. The van der Waals surface area contributed by atoms with E-state index in [0.717, 1.165) is 22.3 Å². The molecule has 0 heterocycles. The molecule has 0 spiro atoms. The van der Waals surface area contributed by atoms with E-state index in [4.69, 9.17) is 14.2 Å². The molecule has 0 fully saturated rings. The van der Waals surface area contributed by atoms with Crippen LogP contribution in [0.25, 0.3) is 22.3 Å². The van der Waals surface area contributed by atoms with E-state index in [9.17, 15) is 4.79 Å². The Bertz CT molecular complexity index is 1720. The molecule has 0 saturated carbocycles. The molecule has 1 unspecified atom stereocenters. The summed E-state index contributed by atoms with van der Waals surface area (Å²) in [5.41, 5.74) is 7.28. The lowest BCUT2D eigenvalue weighted by molar-refractivity contribution is -0.211. The Labute approximate surface area is 266 Å². The molecule has 1 atom stereocenters. The Hall–Kier alpha value is -4.93. The van der Waals surface area contributed by atoms with Gasteiger partial charge in [-0.25, -0.2) is 4.79 Å². The third-order valence-corrected chi connectivity index (χ3v) is 7.78. The van der Waals surface area contributed by atoms with Crippen molar-refractivity contribution in [2.45, 2.75) is 45.3 Å². The first-order chi connectivity index (χ1) is 21.8. The SMILES string of the molecule is C=CCOC(Oc1ccccc1)(C(=O)Oc1ccc(-c2cccc(C(C)C)c2)cc1)c1ccc(-c2cccc(C(C)C)c2)cc1. The van der Waals surface area contributed by atoms with Gasteiger partial charge >= 0.3 is 11.8 Å². The highest BCUT2D eigenvalue weighted by Crippen LogP contribution is 2.35. The Morgan fingerprint density at radius 3 is 1.69 bits per heavy atom. The summed E-state index contributed by atoms with van der Waals surface area (Å²) in [6.45, 7) is 12.6. The molecule has 0 aliphatic carbocycles. The normalized spacial score (nSPS) is 12.5. The molecular formula is C41H40O4. The van der Waals surface area contributed by atoms with Gasteiger partial charge in [-0.2, -0.15) is 0 Å². The lowest BCUT2D eigenvalue weighted by Gasteiger charge is -2.32. The van der Waals surface area contributed by atoms with Gasteiger partial charge in [0, 0.05) is 5.56 Å². The molecule has 0 aliphatic rings. The molecule has 0 N–H and O–H groups in total. The Kier molecular flexibility index (Phi) is 9.96. The Morgan fingerprint density at radius 1 is 0.644 bits per heavy atom. The fourth-order valence-corrected chi connectivity index (χ4v) is 5.15. The van der Waals surface area contributed by atoms with E-state index < -0.39 is 11.8 Å². The minimum atomic E-state index is -1.89. The maximum atomic E-state index is 14.2. The van der Waals surface area contributed by atoms with Gasteiger partial charge in [0.05, 0.1) is 6.61 Å². The van der Waals surface area contributed by atoms with Gasteiger partial charge in [0.25, 0.3) is 0 Å². The van der Waals surface area contributed by atoms with Crippen molar-refractivity contribution in [2.75, 3.05) is 6.61 Å². The molecule has 0 aromatic heterocycles. The lowest BCUT2D eigenvalue weighted by atomic mass is 9.95. The van der Waals surface area contributed by atoms with Crippen molar-refractivity contribution < 1.29 is 19.0 Å². The Morgan fingerprint density at radius 2 is 1.18 bits per heavy atom. The third-order valence-electron chi connectivity index (χ3n) is 7.78. The summed E-state index contributed by atoms with van der Waals surface area (Å²) < 4.78 is 18.6. The van der Waals surface area contributed by atoms with Crippen LogP contribution in [0.1, 0.15) is 56.2 Å². The predicted octanol–water partition coefficient (Wildman–Crippen LogP) is 10.3.